The first-order valence-electron chi connectivity index (χ1n) is 9.66. The zero-order valence-corrected chi connectivity index (χ0v) is 16.6. The van der Waals surface area contributed by atoms with Gasteiger partial charge in [-0.25, -0.2) is 4.98 Å². The van der Waals surface area contributed by atoms with E-state index in [0.29, 0.717) is 16.6 Å². The molecule has 1 unspecified atom stereocenters. The van der Waals surface area contributed by atoms with E-state index in [1.54, 1.807) is 6.92 Å². The van der Waals surface area contributed by atoms with E-state index in [2.05, 4.69) is 20.4 Å². The second kappa shape index (κ2) is 7.71. The number of carbonyl (C=O) groups is 1. The van der Waals surface area contributed by atoms with Crippen LogP contribution in [0.15, 0.2) is 34.9 Å². The quantitative estimate of drug-likeness (QED) is 0.695. The zero-order valence-electron chi connectivity index (χ0n) is 16.6. The van der Waals surface area contributed by atoms with Gasteiger partial charge in [-0.2, -0.15) is 13.2 Å². The van der Waals surface area contributed by atoms with Crippen molar-refractivity contribution < 1.29 is 22.5 Å². The van der Waals surface area contributed by atoms with E-state index in [1.165, 1.54) is 18.2 Å². The number of aromatic nitrogens is 2. The van der Waals surface area contributed by atoms with Crippen molar-refractivity contribution in [1.29, 1.82) is 0 Å². The van der Waals surface area contributed by atoms with Gasteiger partial charge in [0.25, 0.3) is 11.6 Å². The molecule has 30 heavy (non-hydrogen) atoms. The van der Waals surface area contributed by atoms with Crippen LogP contribution in [0.4, 0.5) is 13.2 Å². The molecule has 0 saturated carbocycles. The number of alkyl halides is 3. The molecule has 4 rings (SSSR count). The number of hydrogen-bond acceptors (Lipinski definition) is 5. The van der Waals surface area contributed by atoms with Gasteiger partial charge in [-0.05, 0) is 51.6 Å². The van der Waals surface area contributed by atoms with Gasteiger partial charge in [-0.3, -0.25) is 4.79 Å². The van der Waals surface area contributed by atoms with E-state index in [0.717, 1.165) is 38.1 Å². The highest BCUT2D eigenvalue weighted by Crippen LogP contribution is 2.33. The van der Waals surface area contributed by atoms with E-state index in [1.807, 2.05) is 7.05 Å². The Balaban J connectivity index is 1.74. The maximum atomic E-state index is 13.1. The normalized spacial score (nSPS) is 18.0. The average Bonchev–Trinajstić information content (AvgIpc) is 3.08. The van der Waals surface area contributed by atoms with E-state index >= 15 is 0 Å². The van der Waals surface area contributed by atoms with Crippen molar-refractivity contribution in [1.82, 2.24) is 20.4 Å². The first kappa shape index (κ1) is 20.3. The van der Waals surface area contributed by atoms with Crippen molar-refractivity contribution in [3.63, 3.8) is 0 Å². The molecule has 1 aromatic carbocycles. The second-order valence-electron chi connectivity index (χ2n) is 7.66. The highest BCUT2D eigenvalue weighted by Gasteiger charge is 2.31. The molecule has 6 nitrogen and oxygen atoms in total. The summed E-state index contributed by atoms with van der Waals surface area (Å²) in [6, 6.07) is 6.33. The Labute approximate surface area is 171 Å². The Bertz CT molecular complexity index is 1090. The number of fused-ring (bicyclic) bond motifs is 1. The number of rotatable bonds is 3. The molecule has 1 atom stereocenters. The number of aryl methyl sites for hydroxylation is 1. The number of carbonyl (C=O) groups excluding carboxylic acids is 1. The van der Waals surface area contributed by atoms with Crippen LogP contribution in [0.25, 0.3) is 22.4 Å². The molecule has 3 heterocycles. The predicted molar refractivity (Wildman–Crippen MR) is 105 cm³/mol. The minimum atomic E-state index is -4.48. The minimum absolute atomic E-state index is 0.00311. The number of piperidine rings is 1. The third kappa shape index (κ3) is 4.02. The van der Waals surface area contributed by atoms with Crippen LogP contribution in [-0.2, 0) is 6.18 Å². The average molecular weight is 418 g/mol. The number of likely N-dealkylation sites (N-methyl/N-ethyl adjacent to an activating group) is 1. The Morgan fingerprint density at radius 3 is 2.83 bits per heavy atom. The summed E-state index contributed by atoms with van der Waals surface area (Å²) >= 11 is 0. The molecular weight excluding hydrogens is 397 g/mol. The largest absolute Gasteiger partial charge is 0.416 e. The van der Waals surface area contributed by atoms with E-state index in [-0.39, 0.29) is 28.9 Å². The first-order chi connectivity index (χ1) is 14.2. The number of hydrogen-bond donors (Lipinski definition) is 1. The monoisotopic (exact) mass is 418 g/mol. The molecule has 2 aromatic heterocycles. The number of nitrogens with zero attached hydrogens (tertiary/aromatic N) is 3. The van der Waals surface area contributed by atoms with Crippen molar-refractivity contribution in [2.75, 3.05) is 20.1 Å². The van der Waals surface area contributed by atoms with E-state index in [4.69, 9.17) is 4.52 Å². The second-order valence-corrected chi connectivity index (χ2v) is 7.66. The lowest BCUT2D eigenvalue weighted by Crippen LogP contribution is -2.46. The summed E-state index contributed by atoms with van der Waals surface area (Å²) in [6.07, 6.45) is -2.63. The van der Waals surface area contributed by atoms with Gasteiger partial charge in [-0.1, -0.05) is 17.3 Å². The van der Waals surface area contributed by atoms with Crippen LogP contribution in [0.3, 0.4) is 0 Å². The summed E-state index contributed by atoms with van der Waals surface area (Å²) < 4.78 is 44.6. The topological polar surface area (TPSA) is 71.3 Å². The Hall–Kier alpha value is -2.94. The maximum absolute atomic E-state index is 13.1. The predicted octanol–water partition coefficient (Wildman–Crippen LogP) is 4.04. The van der Waals surface area contributed by atoms with Crippen LogP contribution in [-0.4, -0.2) is 47.1 Å². The van der Waals surface area contributed by atoms with Gasteiger partial charge in [0.1, 0.15) is 0 Å². The number of benzene rings is 1. The lowest BCUT2D eigenvalue weighted by atomic mass is 10.0. The molecule has 158 valence electrons. The molecule has 1 N–H and O–H groups in total. The van der Waals surface area contributed by atoms with Crippen molar-refractivity contribution in [2.45, 2.75) is 32.0 Å². The van der Waals surface area contributed by atoms with Gasteiger partial charge in [-0.15, -0.1) is 0 Å². The molecule has 1 amide bonds. The Morgan fingerprint density at radius 2 is 2.10 bits per heavy atom. The number of nitrogens with one attached hydrogen (secondary N) is 1. The van der Waals surface area contributed by atoms with Crippen LogP contribution in [0.2, 0.25) is 0 Å². The number of amides is 1. The van der Waals surface area contributed by atoms with Crippen LogP contribution >= 0.6 is 0 Å². The molecule has 1 fully saturated rings. The van der Waals surface area contributed by atoms with E-state index < -0.39 is 11.7 Å². The third-order valence-corrected chi connectivity index (χ3v) is 5.31. The molecule has 0 spiro atoms. The molecule has 0 bridgehead atoms. The summed E-state index contributed by atoms with van der Waals surface area (Å²) in [5.74, 6) is -0.317. The summed E-state index contributed by atoms with van der Waals surface area (Å²) in [6.45, 7) is 3.42. The molecule has 1 aliphatic heterocycles. The molecule has 3 aromatic rings. The van der Waals surface area contributed by atoms with Crippen molar-refractivity contribution in [2.24, 2.45) is 0 Å². The van der Waals surface area contributed by atoms with Gasteiger partial charge in [0.05, 0.1) is 27.9 Å². The lowest BCUT2D eigenvalue weighted by molar-refractivity contribution is -0.137. The van der Waals surface area contributed by atoms with Gasteiger partial charge in [0, 0.05) is 18.2 Å². The van der Waals surface area contributed by atoms with Gasteiger partial charge >= 0.3 is 6.18 Å². The van der Waals surface area contributed by atoms with Crippen molar-refractivity contribution in [3.05, 3.63) is 47.2 Å². The number of likely N-dealkylation sites (tertiary alicyclic amines) is 1. The van der Waals surface area contributed by atoms with Crippen LogP contribution in [0.5, 0.6) is 0 Å². The number of halogens is 3. The van der Waals surface area contributed by atoms with Gasteiger partial charge < -0.3 is 14.7 Å². The van der Waals surface area contributed by atoms with Crippen LogP contribution in [0, 0.1) is 6.92 Å². The third-order valence-electron chi connectivity index (χ3n) is 5.31. The fourth-order valence-corrected chi connectivity index (χ4v) is 3.82. The summed E-state index contributed by atoms with van der Waals surface area (Å²) in [7, 11) is 2.00. The highest BCUT2D eigenvalue weighted by atomic mass is 19.4. The molecule has 0 radical (unpaired) electrons. The molecule has 1 aliphatic rings. The minimum Gasteiger partial charge on any atom is -0.348 e. The van der Waals surface area contributed by atoms with Crippen molar-refractivity contribution >= 4 is 17.0 Å². The molecule has 1 saturated heterocycles. The maximum Gasteiger partial charge on any atom is 0.416 e. The summed E-state index contributed by atoms with van der Waals surface area (Å²) in [4.78, 5) is 19.5. The molecular formula is C21H21F3N4O2. The molecule has 0 aliphatic carbocycles. The summed E-state index contributed by atoms with van der Waals surface area (Å²) in [5, 5.41) is 7.38. The molecule has 9 heteroatoms. The van der Waals surface area contributed by atoms with Crippen LogP contribution in [0.1, 0.15) is 34.5 Å². The Morgan fingerprint density at radius 1 is 1.30 bits per heavy atom. The highest BCUT2D eigenvalue weighted by molar-refractivity contribution is 6.07. The fourth-order valence-electron chi connectivity index (χ4n) is 3.82. The smallest absolute Gasteiger partial charge is 0.348 e. The SMILES string of the molecule is Cc1noc2nc(-c3cccc(C(F)(F)F)c3)cc(C(=O)NC3CCCN(C)C3)c12. The summed E-state index contributed by atoms with van der Waals surface area (Å²) in [5.41, 5.74) is 0.585. The van der Waals surface area contributed by atoms with Gasteiger partial charge in [0.2, 0.25) is 0 Å². The van der Waals surface area contributed by atoms with Crippen molar-refractivity contribution in [3.8, 4) is 11.3 Å². The Kier molecular flexibility index (Phi) is 5.23. The zero-order chi connectivity index (χ0) is 21.5. The number of pyridine rings is 1. The van der Waals surface area contributed by atoms with Crippen LogP contribution < -0.4 is 5.32 Å². The lowest BCUT2D eigenvalue weighted by Gasteiger charge is -2.30. The van der Waals surface area contributed by atoms with E-state index in [9.17, 15) is 18.0 Å². The fraction of sp³-hybridized carbons (Fsp3) is 0.381. The van der Waals surface area contributed by atoms with Gasteiger partial charge in [0.15, 0.2) is 0 Å². The first-order valence-corrected chi connectivity index (χ1v) is 9.66. The standard InChI is InChI=1S/C21H21F3N4O2/c1-12-18-16(19(29)25-15-7-4-8-28(2)11-15)10-17(26-20(18)30-27-12)13-5-3-6-14(9-13)21(22,23)24/h3,5-6,9-10,15H,4,7-8,11H2,1-2H3,(H,25,29).